The van der Waals surface area contributed by atoms with Crippen molar-refractivity contribution in [3.63, 3.8) is 0 Å². The van der Waals surface area contributed by atoms with E-state index in [1.165, 1.54) is 11.1 Å². The van der Waals surface area contributed by atoms with Gasteiger partial charge in [-0.25, -0.2) is 0 Å². The summed E-state index contributed by atoms with van der Waals surface area (Å²) in [7, 11) is 0. The molecule has 1 aliphatic rings. The molecule has 1 fully saturated rings. The predicted octanol–water partition coefficient (Wildman–Crippen LogP) is 3.01. The standard InChI is InChI=1S/C24H32N4O2/c1-3-19-5-9-21(10-6-19)25-23(29)17-27-13-15-28(16-14-27)18-24(30)26-22-11-7-20(4-2)8-12-22/h5-12H,3-4,13-18H2,1-2H3,(H,25,29)(H,26,30). The summed E-state index contributed by atoms with van der Waals surface area (Å²) in [6.45, 7) is 8.09. The van der Waals surface area contributed by atoms with Crippen molar-refractivity contribution in [1.82, 2.24) is 9.80 Å². The summed E-state index contributed by atoms with van der Waals surface area (Å²) in [5.41, 5.74) is 4.18. The van der Waals surface area contributed by atoms with E-state index in [1.54, 1.807) is 0 Å². The molecule has 0 bridgehead atoms. The Hall–Kier alpha value is -2.70. The Morgan fingerprint density at radius 1 is 0.667 bits per heavy atom. The number of carbonyl (C=O) groups is 2. The maximum Gasteiger partial charge on any atom is 0.238 e. The highest BCUT2D eigenvalue weighted by Gasteiger charge is 2.20. The Balaban J connectivity index is 1.37. The Labute approximate surface area is 179 Å². The Kier molecular flexibility index (Phi) is 7.99. The summed E-state index contributed by atoms with van der Waals surface area (Å²) >= 11 is 0. The third-order valence-electron chi connectivity index (χ3n) is 5.49. The number of hydrogen-bond acceptors (Lipinski definition) is 4. The summed E-state index contributed by atoms with van der Waals surface area (Å²) in [4.78, 5) is 28.9. The van der Waals surface area contributed by atoms with Gasteiger partial charge in [-0.15, -0.1) is 0 Å². The fourth-order valence-corrected chi connectivity index (χ4v) is 3.56. The van der Waals surface area contributed by atoms with Gasteiger partial charge in [-0.2, -0.15) is 0 Å². The fraction of sp³-hybridized carbons (Fsp3) is 0.417. The molecule has 0 atom stereocenters. The minimum Gasteiger partial charge on any atom is -0.325 e. The molecule has 2 amide bonds. The zero-order chi connectivity index (χ0) is 21.3. The number of amides is 2. The molecule has 6 heteroatoms. The van der Waals surface area contributed by atoms with Crippen molar-refractivity contribution >= 4 is 23.2 Å². The van der Waals surface area contributed by atoms with Crippen LogP contribution in [0.3, 0.4) is 0 Å². The third-order valence-corrected chi connectivity index (χ3v) is 5.49. The van der Waals surface area contributed by atoms with Crippen LogP contribution in [-0.2, 0) is 22.4 Å². The van der Waals surface area contributed by atoms with Gasteiger partial charge in [0.15, 0.2) is 0 Å². The van der Waals surface area contributed by atoms with E-state index in [-0.39, 0.29) is 11.8 Å². The lowest BCUT2D eigenvalue weighted by molar-refractivity contribution is -0.120. The van der Waals surface area contributed by atoms with Gasteiger partial charge in [-0.1, -0.05) is 38.1 Å². The van der Waals surface area contributed by atoms with Gasteiger partial charge in [0.1, 0.15) is 0 Å². The maximum atomic E-state index is 12.3. The molecule has 0 aliphatic carbocycles. The molecule has 0 radical (unpaired) electrons. The summed E-state index contributed by atoms with van der Waals surface area (Å²) in [6.07, 6.45) is 1.98. The van der Waals surface area contributed by atoms with Crippen molar-refractivity contribution in [3.8, 4) is 0 Å². The minimum absolute atomic E-state index is 0.000896. The minimum atomic E-state index is 0.000896. The number of rotatable bonds is 8. The molecule has 160 valence electrons. The average Bonchev–Trinajstić information content (AvgIpc) is 2.76. The third kappa shape index (κ3) is 6.68. The maximum absolute atomic E-state index is 12.3. The van der Waals surface area contributed by atoms with Crippen LogP contribution in [-0.4, -0.2) is 60.9 Å². The van der Waals surface area contributed by atoms with E-state index in [9.17, 15) is 9.59 Å². The van der Waals surface area contributed by atoms with Crippen LogP contribution in [0.1, 0.15) is 25.0 Å². The molecule has 1 saturated heterocycles. The second kappa shape index (κ2) is 10.9. The Morgan fingerprint density at radius 2 is 1.00 bits per heavy atom. The van der Waals surface area contributed by atoms with Gasteiger partial charge in [0, 0.05) is 37.6 Å². The second-order valence-corrected chi connectivity index (χ2v) is 7.75. The lowest BCUT2D eigenvalue weighted by Crippen LogP contribution is -2.50. The van der Waals surface area contributed by atoms with Crippen LogP contribution in [0.5, 0.6) is 0 Å². The van der Waals surface area contributed by atoms with Crippen LogP contribution in [0.2, 0.25) is 0 Å². The molecule has 2 N–H and O–H groups in total. The van der Waals surface area contributed by atoms with Crippen molar-refractivity contribution in [3.05, 3.63) is 59.7 Å². The van der Waals surface area contributed by atoms with Gasteiger partial charge in [0.2, 0.25) is 11.8 Å². The van der Waals surface area contributed by atoms with Gasteiger partial charge >= 0.3 is 0 Å². The van der Waals surface area contributed by atoms with Crippen LogP contribution in [0.25, 0.3) is 0 Å². The number of piperazine rings is 1. The largest absolute Gasteiger partial charge is 0.325 e. The molecule has 0 saturated carbocycles. The highest BCUT2D eigenvalue weighted by Crippen LogP contribution is 2.12. The molecule has 3 rings (SSSR count). The first-order chi connectivity index (χ1) is 14.6. The van der Waals surface area contributed by atoms with E-state index >= 15 is 0 Å². The fourth-order valence-electron chi connectivity index (χ4n) is 3.56. The molecule has 30 heavy (non-hydrogen) atoms. The van der Waals surface area contributed by atoms with Crippen LogP contribution in [0.15, 0.2) is 48.5 Å². The van der Waals surface area contributed by atoms with E-state index in [0.29, 0.717) is 13.1 Å². The number of aryl methyl sites for hydroxylation is 2. The molecule has 0 aromatic heterocycles. The van der Waals surface area contributed by atoms with Crippen LogP contribution >= 0.6 is 0 Å². The zero-order valence-corrected chi connectivity index (χ0v) is 18.0. The Morgan fingerprint density at radius 3 is 1.30 bits per heavy atom. The predicted molar refractivity (Wildman–Crippen MR) is 122 cm³/mol. The number of carbonyl (C=O) groups excluding carboxylic acids is 2. The summed E-state index contributed by atoms with van der Waals surface area (Å²) in [6, 6.07) is 15.9. The van der Waals surface area contributed by atoms with E-state index in [1.807, 2.05) is 48.5 Å². The van der Waals surface area contributed by atoms with Gasteiger partial charge in [-0.3, -0.25) is 19.4 Å². The first-order valence-corrected chi connectivity index (χ1v) is 10.8. The quantitative estimate of drug-likeness (QED) is 0.705. The molecule has 2 aromatic carbocycles. The van der Waals surface area contributed by atoms with E-state index in [2.05, 4.69) is 34.3 Å². The van der Waals surface area contributed by atoms with Crippen molar-refractivity contribution in [1.29, 1.82) is 0 Å². The summed E-state index contributed by atoms with van der Waals surface area (Å²) in [5, 5.41) is 5.92. The first-order valence-electron chi connectivity index (χ1n) is 10.8. The monoisotopic (exact) mass is 408 g/mol. The van der Waals surface area contributed by atoms with Crippen LogP contribution in [0.4, 0.5) is 11.4 Å². The molecule has 1 heterocycles. The first kappa shape index (κ1) is 22.0. The lowest BCUT2D eigenvalue weighted by Gasteiger charge is -2.33. The molecule has 1 aliphatic heterocycles. The van der Waals surface area contributed by atoms with Crippen molar-refractivity contribution < 1.29 is 9.59 Å². The molecule has 0 unspecified atom stereocenters. The van der Waals surface area contributed by atoms with Crippen LogP contribution < -0.4 is 10.6 Å². The zero-order valence-electron chi connectivity index (χ0n) is 18.0. The van der Waals surface area contributed by atoms with Gasteiger partial charge in [-0.05, 0) is 48.2 Å². The second-order valence-electron chi connectivity index (χ2n) is 7.75. The molecular formula is C24H32N4O2. The Bertz CT molecular complexity index is 754. The van der Waals surface area contributed by atoms with Crippen LogP contribution in [0, 0.1) is 0 Å². The van der Waals surface area contributed by atoms with Gasteiger partial charge < -0.3 is 10.6 Å². The highest BCUT2D eigenvalue weighted by molar-refractivity contribution is 5.92. The van der Waals surface area contributed by atoms with Crippen molar-refractivity contribution in [2.45, 2.75) is 26.7 Å². The number of anilines is 2. The van der Waals surface area contributed by atoms with E-state index in [4.69, 9.17) is 0 Å². The molecule has 6 nitrogen and oxygen atoms in total. The smallest absolute Gasteiger partial charge is 0.238 e. The topological polar surface area (TPSA) is 64.7 Å². The SMILES string of the molecule is CCc1ccc(NC(=O)CN2CCN(CC(=O)Nc3ccc(CC)cc3)CC2)cc1. The van der Waals surface area contributed by atoms with E-state index in [0.717, 1.165) is 50.4 Å². The molecular weight excluding hydrogens is 376 g/mol. The number of nitrogens with zero attached hydrogens (tertiary/aromatic N) is 2. The average molecular weight is 409 g/mol. The normalized spacial score (nSPS) is 15.0. The number of hydrogen-bond donors (Lipinski definition) is 2. The van der Waals surface area contributed by atoms with Crippen molar-refractivity contribution in [2.24, 2.45) is 0 Å². The summed E-state index contributed by atoms with van der Waals surface area (Å²) in [5.74, 6) is 0.00179. The van der Waals surface area contributed by atoms with Gasteiger partial charge in [0.25, 0.3) is 0 Å². The number of benzene rings is 2. The highest BCUT2D eigenvalue weighted by atomic mass is 16.2. The lowest BCUT2D eigenvalue weighted by atomic mass is 10.1. The van der Waals surface area contributed by atoms with E-state index < -0.39 is 0 Å². The summed E-state index contributed by atoms with van der Waals surface area (Å²) < 4.78 is 0. The number of nitrogens with one attached hydrogen (secondary N) is 2. The van der Waals surface area contributed by atoms with Gasteiger partial charge in [0.05, 0.1) is 13.1 Å². The molecule has 0 spiro atoms. The van der Waals surface area contributed by atoms with Crippen molar-refractivity contribution in [2.75, 3.05) is 49.9 Å². The molecule has 2 aromatic rings.